The van der Waals surface area contributed by atoms with Crippen LogP contribution in [0, 0.1) is 17.5 Å². The first-order valence-electron chi connectivity index (χ1n) is 5.25. The van der Waals surface area contributed by atoms with Gasteiger partial charge in [-0.1, -0.05) is 0 Å². The Morgan fingerprint density at radius 3 is 2.33 bits per heavy atom. The van der Waals surface area contributed by atoms with E-state index in [4.69, 9.17) is 0 Å². The zero-order chi connectivity index (χ0) is 13.1. The van der Waals surface area contributed by atoms with Crippen molar-refractivity contribution in [3.63, 3.8) is 0 Å². The molecular formula is C12H10F3N3. The van der Waals surface area contributed by atoms with Crippen molar-refractivity contribution < 1.29 is 13.2 Å². The van der Waals surface area contributed by atoms with Crippen LogP contribution in [0.25, 0.3) is 0 Å². The third-order valence-electron chi connectivity index (χ3n) is 2.39. The van der Waals surface area contributed by atoms with Crippen molar-refractivity contribution in [3.05, 3.63) is 53.9 Å². The van der Waals surface area contributed by atoms with Gasteiger partial charge in [0.2, 0.25) is 0 Å². The van der Waals surface area contributed by atoms with Gasteiger partial charge < -0.3 is 5.32 Å². The number of benzene rings is 1. The molecule has 2 rings (SSSR count). The largest absolute Gasteiger partial charge is 0.377 e. The van der Waals surface area contributed by atoms with Gasteiger partial charge in [-0.15, -0.1) is 0 Å². The molecule has 0 aliphatic heterocycles. The summed E-state index contributed by atoms with van der Waals surface area (Å²) in [5, 5.41) is 2.82. The summed E-state index contributed by atoms with van der Waals surface area (Å²) in [5.41, 5.74) is 0.757. The summed E-state index contributed by atoms with van der Waals surface area (Å²) >= 11 is 0. The molecule has 0 fully saturated rings. The van der Waals surface area contributed by atoms with Crippen LogP contribution in [0.2, 0.25) is 0 Å². The number of halogens is 3. The van der Waals surface area contributed by atoms with E-state index in [2.05, 4.69) is 15.3 Å². The minimum Gasteiger partial charge on any atom is -0.377 e. The molecule has 1 atom stereocenters. The van der Waals surface area contributed by atoms with E-state index in [1.165, 1.54) is 18.6 Å². The van der Waals surface area contributed by atoms with E-state index in [1.54, 1.807) is 6.92 Å². The molecule has 0 saturated carbocycles. The van der Waals surface area contributed by atoms with Gasteiger partial charge in [-0.2, -0.15) is 0 Å². The third kappa shape index (κ3) is 2.58. The van der Waals surface area contributed by atoms with Gasteiger partial charge in [0, 0.05) is 30.2 Å². The maximum absolute atomic E-state index is 13.0. The molecule has 18 heavy (non-hydrogen) atoms. The normalized spacial score (nSPS) is 12.2. The van der Waals surface area contributed by atoms with E-state index in [-0.39, 0.29) is 11.7 Å². The van der Waals surface area contributed by atoms with Gasteiger partial charge in [-0.25, -0.2) is 13.2 Å². The number of anilines is 1. The van der Waals surface area contributed by atoms with Crippen molar-refractivity contribution in [2.45, 2.75) is 13.0 Å². The number of hydrogen-bond acceptors (Lipinski definition) is 3. The highest BCUT2D eigenvalue weighted by Crippen LogP contribution is 2.21. The summed E-state index contributed by atoms with van der Waals surface area (Å²) in [6.07, 6.45) is 4.57. The lowest BCUT2D eigenvalue weighted by molar-refractivity contribution is 0.447. The van der Waals surface area contributed by atoms with E-state index in [1.807, 2.05) is 0 Å². The van der Waals surface area contributed by atoms with Gasteiger partial charge in [0.05, 0.1) is 17.9 Å². The van der Waals surface area contributed by atoms with Crippen LogP contribution in [-0.4, -0.2) is 9.97 Å². The zero-order valence-electron chi connectivity index (χ0n) is 9.49. The van der Waals surface area contributed by atoms with Crippen LogP contribution in [-0.2, 0) is 0 Å². The van der Waals surface area contributed by atoms with E-state index in [9.17, 15) is 13.2 Å². The van der Waals surface area contributed by atoms with Crippen LogP contribution in [0.1, 0.15) is 18.7 Å². The van der Waals surface area contributed by atoms with Crippen LogP contribution in [0.4, 0.5) is 18.9 Å². The van der Waals surface area contributed by atoms with E-state index in [0.29, 0.717) is 5.69 Å². The van der Waals surface area contributed by atoms with Crippen molar-refractivity contribution in [2.24, 2.45) is 0 Å². The van der Waals surface area contributed by atoms with Gasteiger partial charge in [-0.05, 0) is 6.92 Å². The monoisotopic (exact) mass is 253 g/mol. The average Bonchev–Trinajstić information content (AvgIpc) is 2.37. The lowest BCUT2D eigenvalue weighted by Gasteiger charge is -2.14. The van der Waals surface area contributed by atoms with Crippen LogP contribution >= 0.6 is 0 Å². The Hall–Kier alpha value is -2.11. The third-order valence-corrected chi connectivity index (χ3v) is 2.39. The van der Waals surface area contributed by atoms with Gasteiger partial charge in [0.1, 0.15) is 0 Å². The molecule has 0 bridgehead atoms. The molecule has 94 valence electrons. The summed E-state index contributed by atoms with van der Waals surface area (Å²) in [4.78, 5) is 7.94. The lowest BCUT2D eigenvalue weighted by atomic mass is 10.2. The molecule has 2 aromatic rings. The maximum Gasteiger partial charge on any atom is 0.194 e. The topological polar surface area (TPSA) is 37.8 Å². The molecule has 1 heterocycles. The van der Waals surface area contributed by atoms with E-state index < -0.39 is 17.5 Å². The predicted octanol–water partition coefficient (Wildman–Crippen LogP) is 3.07. The van der Waals surface area contributed by atoms with Gasteiger partial charge in [0.25, 0.3) is 0 Å². The fourth-order valence-electron chi connectivity index (χ4n) is 1.50. The highest BCUT2D eigenvalue weighted by atomic mass is 19.2. The summed E-state index contributed by atoms with van der Waals surface area (Å²) < 4.78 is 38.8. The first kappa shape index (κ1) is 12.3. The fourth-order valence-corrected chi connectivity index (χ4v) is 1.50. The minimum absolute atomic E-state index is 0.143. The van der Waals surface area contributed by atoms with Crippen molar-refractivity contribution in [1.29, 1.82) is 0 Å². The first-order chi connectivity index (χ1) is 8.58. The molecule has 0 saturated heterocycles. The van der Waals surface area contributed by atoms with E-state index >= 15 is 0 Å². The molecule has 0 aliphatic rings. The van der Waals surface area contributed by atoms with E-state index in [0.717, 1.165) is 12.1 Å². The number of nitrogens with zero attached hydrogens (tertiary/aromatic N) is 2. The Morgan fingerprint density at radius 1 is 1.11 bits per heavy atom. The minimum atomic E-state index is -1.48. The van der Waals surface area contributed by atoms with Gasteiger partial charge >= 0.3 is 0 Å². The standard InChI is InChI=1S/C12H10F3N3/c1-7(11-6-16-2-3-17-11)18-8-4-9(13)12(15)10(14)5-8/h2-7,18H,1H3. The molecule has 0 amide bonds. The Kier molecular flexibility index (Phi) is 3.45. The quantitative estimate of drug-likeness (QED) is 0.854. The first-order valence-corrected chi connectivity index (χ1v) is 5.25. The number of nitrogens with one attached hydrogen (secondary N) is 1. The predicted molar refractivity (Wildman–Crippen MR) is 60.4 cm³/mol. The summed E-state index contributed by atoms with van der Waals surface area (Å²) in [5.74, 6) is -3.94. The smallest absolute Gasteiger partial charge is 0.194 e. The highest BCUT2D eigenvalue weighted by Gasteiger charge is 2.13. The number of aromatic nitrogens is 2. The second kappa shape index (κ2) is 5.03. The van der Waals surface area contributed by atoms with Crippen LogP contribution in [0.3, 0.4) is 0 Å². The lowest BCUT2D eigenvalue weighted by Crippen LogP contribution is -2.09. The van der Waals surface area contributed by atoms with Gasteiger partial charge in [-0.3, -0.25) is 9.97 Å². The molecule has 1 aromatic heterocycles. The summed E-state index contributed by atoms with van der Waals surface area (Å²) in [6, 6.07) is 1.49. The average molecular weight is 253 g/mol. The maximum atomic E-state index is 13.0. The van der Waals surface area contributed by atoms with Gasteiger partial charge in [0.15, 0.2) is 17.5 Å². The van der Waals surface area contributed by atoms with Crippen LogP contribution < -0.4 is 5.32 Å². The van der Waals surface area contributed by atoms with Crippen molar-refractivity contribution in [1.82, 2.24) is 9.97 Å². The molecule has 0 radical (unpaired) electrons. The van der Waals surface area contributed by atoms with Crippen LogP contribution in [0.15, 0.2) is 30.7 Å². The Morgan fingerprint density at radius 2 is 1.78 bits per heavy atom. The number of hydrogen-bond donors (Lipinski definition) is 1. The molecule has 1 N–H and O–H groups in total. The molecule has 1 unspecified atom stereocenters. The molecule has 0 aliphatic carbocycles. The molecule has 0 spiro atoms. The second-order valence-electron chi connectivity index (χ2n) is 3.75. The molecule has 1 aromatic carbocycles. The Bertz CT molecular complexity index is 523. The zero-order valence-corrected chi connectivity index (χ0v) is 9.49. The highest BCUT2D eigenvalue weighted by molar-refractivity contribution is 5.45. The van der Waals surface area contributed by atoms with Crippen molar-refractivity contribution in [2.75, 3.05) is 5.32 Å². The van der Waals surface area contributed by atoms with Crippen molar-refractivity contribution >= 4 is 5.69 Å². The summed E-state index contributed by atoms with van der Waals surface area (Å²) in [6.45, 7) is 1.75. The fraction of sp³-hybridized carbons (Fsp3) is 0.167. The van der Waals surface area contributed by atoms with Crippen LogP contribution in [0.5, 0.6) is 0 Å². The SMILES string of the molecule is CC(Nc1cc(F)c(F)c(F)c1)c1cnccn1. The number of rotatable bonds is 3. The Labute approximate surface area is 102 Å². The summed E-state index contributed by atoms with van der Waals surface area (Å²) in [7, 11) is 0. The molecule has 3 nitrogen and oxygen atoms in total. The molecular weight excluding hydrogens is 243 g/mol. The second-order valence-corrected chi connectivity index (χ2v) is 3.75. The van der Waals surface area contributed by atoms with Crippen molar-refractivity contribution in [3.8, 4) is 0 Å². The Balaban J connectivity index is 2.20. The molecule has 6 heteroatoms.